The van der Waals surface area contributed by atoms with Crippen LogP contribution in [0.25, 0.3) is 11.0 Å². The van der Waals surface area contributed by atoms with Crippen molar-refractivity contribution in [2.24, 2.45) is 0 Å². The van der Waals surface area contributed by atoms with E-state index in [-0.39, 0.29) is 16.6 Å². The summed E-state index contributed by atoms with van der Waals surface area (Å²) in [6, 6.07) is 9.87. The molecule has 170 valence electrons. The Kier molecular flexibility index (Phi) is 7.12. The first-order chi connectivity index (χ1) is 15.4. The van der Waals surface area contributed by atoms with E-state index in [2.05, 4.69) is 9.97 Å². The van der Waals surface area contributed by atoms with Gasteiger partial charge in [-0.05, 0) is 55.7 Å². The van der Waals surface area contributed by atoms with Gasteiger partial charge >= 0.3 is 0 Å². The molecule has 3 aromatic rings. The van der Waals surface area contributed by atoms with Gasteiger partial charge in [0.2, 0.25) is 0 Å². The van der Waals surface area contributed by atoms with Crippen molar-refractivity contribution >= 4 is 32.6 Å². The second-order valence-electron chi connectivity index (χ2n) is 7.61. The summed E-state index contributed by atoms with van der Waals surface area (Å²) in [7, 11) is -3.22. The lowest BCUT2D eigenvalue weighted by Gasteiger charge is -2.16. The Bertz CT molecular complexity index is 1240. The summed E-state index contributed by atoms with van der Waals surface area (Å²) in [5.41, 5.74) is 0.356. The van der Waals surface area contributed by atoms with Gasteiger partial charge in [-0.2, -0.15) is 0 Å². The van der Waals surface area contributed by atoms with Crippen LogP contribution in [0.15, 0.2) is 57.4 Å². The van der Waals surface area contributed by atoms with E-state index in [0.717, 1.165) is 25.9 Å². The number of pyridine rings is 1. The number of thioether (sulfide) groups is 1. The van der Waals surface area contributed by atoms with E-state index in [4.69, 9.17) is 9.47 Å². The van der Waals surface area contributed by atoms with Crippen LogP contribution in [-0.2, 0) is 21.1 Å². The Hall–Kier alpha value is -2.43. The number of hydrogen-bond donors (Lipinski definition) is 0. The Morgan fingerprint density at radius 1 is 1.25 bits per heavy atom. The molecule has 1 fully saturated rings. The maximum atomic E-state index is 13.1. The highest BCUT2D eigenvalue weighted by atomic mass is 32.2. The molecule has 1 aromatic carbocycles. The third-order valence-electron chi connectivity index (χ3n) is 5.15. The van der Waals surface area contributed by atoms with Crippen molar-refractivity contribution in [3.8, 4) is 5.75 Å². The zero-order valence-electron chi connectivity index (χ0n) is 17.8. The van der Waals surface area contributed by atoms with Crippen LogP contribution < -0.4 is 10.3 Å². The fourth-order valence-corrected chi connectivity index (χ4v) is 5.03. The van der Waals surface area contributed by atoms with Crippen LogP contribution in [-0.4, -0.2) is 54.3 Å². The fourth-order valence-electron chi connectivity index (χ4n) is 3.49. The van der Waals surface area contributed by atoms with E-state index in [1.807, 2.05) is 0 Å². The zero-order chi connectivity index (χ0) is 22.6. The molecule has 8 nitrogen and oxygen atoms in total. The predicted octanol–water partition coefficient (Wildman–Crippen LogP) is 2.94. The summed E-state index contributed by atoms with van der Waals surface area (Å²) in [6.45, 7) is 1.68. The van der Waals surface area contributed by atoms with Crippen LogP contribution in [0, 0.1) is 0 Å². The highest BCUT2D eigenvalue weighted by Gasteiger charge is 2.20. The van der Waals surface area contributed by atoms with E-state index in [1.54, 1.807) is 35.0 Å². The summed E-state index contributed by atoms with van der Waals surface area (Å²) < 4.78 is 36.2. The Morgan fingerprint density at radius 2 is 2.06 bits per heavy atom. The highest BCUT2D eigenvalue weighted by Crippen LogP contribution is 2.21. The maximum absolute atomic E-state index is 13.1. The van der Waals surface area contributed by atoms with Crippen molar-refractivity contribution < 1.29 is 17.9 Å². The van der Waals surface area contributed by atoms with E-state index in [1.165, 1.54) is 30.2 Å². The van der Waals surface area contributed by atoms with Crippen molar-refractivity contribution in [1.29, 1.82) is 0 Å². The van der Waals surface area contributed by atoms with Gasteiger partial charge in [0, 0.05) is 24.8 Å². The van der Waals surface area contributed by atoms with Crippen molar-refractivity contribution in [3.63, 3.8) is 0 Å². The van der Waals surface area contributed by atoms with Gasteiger partial charge in [-0.15, -0.1) is 0 Å². The molecule has 4 rings (SSSR count). The van der Waals surface area contributed by atoms with Gasteiger partial charge in [0.1, 0.15) is 5.75 Å². The molecule has 1 unspecified atom stereocenters. The van der Waals surface area contributed by atoms with Crippen molar-refractivity contribution in [1.82, 2.24) is 14.5 Å². The molecule has 0 aliphatic carbocycles. The van der Waals surface area contributed by atoms with Gasteiger partial charge in [0.15, 0.2) is 20.6 Å². The number of rotatable bonds is 9. The summed E-state index contributed by atoms with van der Waals surface area (Å²) in [6.07, 6.45) is 5.52. The average Bonchev–Trinajstić information content (AvgIpc) is 3.29. The minimum Gasteiger partial charge on any atom is -0.494 e. The minimum absolute atomic E-state index is 0.0289. The standard InChI is InChI=1S/C22H25N3O5S2/c1-32(27,28)18-9-7-16(8-10-18)29-13-4-14-31-22-24-20-19(6-2-11-23-20)21(26)25(22)15-17-5-3-12-30-17/h2,6-11,17H,3-5,12-15H2,1H3. The third-order valence-corrected chi connectivity index (χ3v) is 7.34. The number of sulfone groups is 1. The molecule has 3 heterocycles. The summed E-state index contributed by atoms with van der Waals surface area (Å²) >= 11 is 1.50. The summed E-state index contributed by atoms with van der Waals surface area (Å²) in [5, 5.41) is 1.14. The number of nitrogens with zero attached hydrogens (tertiary/aromatic N) is 3. The Balaban J connectivity index is 1.39. The van der Waals surface area contributed by atoms with Crippen LogP contribution >= 0.6 is 11.8 Å². The van der Waals surface area contributed by atoms with Gasteiger partial charge in [0.05, 0.1) is 29.5 Å². The van der Waals surface area contributed by atoms with Crippen molar-refractivity contribution in [3.05, 3.63) is 52.9 Å². The molecule has 10 heteroatoms. The molecule has 0 radical (unpaired) electrons. The number of benzene rings is 1. The first-order valence-electron chi connectivity index (χ1n) is 10.4. The molecule has 1 aliphatic heterocycles. The normalized spacial score (nSPS) is 16.5. The highest BCUT2D eigenvalue weighted by molar-refractivity contribution is 7.99. The molecule has 2 aromatic heterocycles. The van der Waals surface area contributed by atoms with Crippen molar-refractivity contribution in [2.45, 2.75) is 42.0 Å². The SMILES string of the molecule is CS(=O)(=O)c1ccc(OCCCSc2nc3ncccc3c(=O)n2CC2CCCO2)cc1. The van der Waals surface area contributed by atoms with Gasteiger partial charge in [-0.1, -0.05) is 11.8 Å². The van der Waals surface area contributed by atoms with Gasteiger partial charge in [-0.25, -0.2) is 18.4 Å². The second kappa shape index (κ2) is 10.0. The molecule has 1 atom stereocenters. The largest absolute Gasteiger partial charge is 0.494 e. The molecular weight excluding hydrogens is 450 g/mol. The lowest BCUT2D eigenvalue weighted by molar-refractivity contribution is 0.0937. The van der Waals surface area contributed by atoms with Gasteiger partial charge in [-0.3, -0.25) is 9.36 Å². The maximum Gasteiger partial charge on any atom is 0.263 e. The Labute approximate surface area is 190 Å². The van der Waals surface area contributed by atoms with Crippen LogP contribution in [0.1, 0.15) is 19.3 Å². The predicted molar refractivity (Wildman–Crippen MR) is 123 cm³/mol. The van der Waals surface area contributed by atoms with Crippen LogP contribution in [0.2, 0.25) is 0 Å². The molecule has 1 saturated heterocycles. The van der Waals surface area contributed by atoms with E-state index in [0.29, 0.717) is 40.8 Å². The zero-order valence-corrected chi connectivity index (χ0v) is 19.4. The van der Waals surface area contributed by atoms with E-state index >= 15 is 0 Å². The van der Waals surface area contributed by atoms with E-state index < -0.39 is 9.84 Å². The topological polar surface area (TPSA) is 100 Å². The fraction of sp³-hybridized carbons (Fsp3) is 0.409. The van der Waals surface area contributed by atoms with Gasteiger partial charge < -0.3 is 9.47 Å². The first-order valence-corrected chi connectivity index (χ1v) is 13.3. The quantitative estimate of drug-likeness (QED) is 0.265. The lowest BCUT2D eigenvalue weighted by Crippen LogP contribution is -2.29. The minimum atomic E-state index is -3.22. The van der Waals surface area contributed by atoms with Gasteiger partial charge in [0.25, 0.3) is 5.56 Å². The molecule has 0 bridgehead atoms. The molecule has 0 saturated carbocycles. The van der Waals surface area contributed by atoms with Crippen LogP contribution in [0.3, 0.4) is 0 Å². The van der Waals surface area contributed by atoms with Crippen molar-refractivity contribution in [2.75, 3.05) is 25.2 Å². The monoisotopic (exact) mass is 475 g/mol. The molecule has 0 N–H and O–H groups in total. The summed E-state index contributed by atoms with van der Waals surface area (Å²) in [5.74, 6) is 1.32. The van der Waals surface area contributed by atoms with Crippen LogP contribution in [0.4, 0.5) is 0 Å². The second-order valence-corrected chi connectivity index (χ2v) is 10.7. The van der Waals surface area contributed by atoms with Crippen LogP contribution in [0.5, 0.6) is 5.75 Å². The lowest BCUT2D eigenvalue weighted by atomic mass is 10.2. The molecule has 32 heavy (non-hydrogen) atoms. The Morgan fingerprint density at radius 3 is 2.78 bits per heavy atom. The molecule has 0 amide bonds. The molecule has 0 spiro atoms. The molecular formula is C22H25N3O5S2. The number of ether oxygens (including phenoxy) is 2. The third kappa shape index (κ3) is 5.48. The number of fused-ring (bicyclic) bond motifs is 1. The smallest absolute Gasteiger partial charge is 0.263 e. The average molecular weight is 476 g/mol. The summed E-state index contributed by atoms with van der Waals surface area (Å²) in [4.78, 5) is 22.2. The molecule has 1 aliphatic rings. The number of hydrogen-bond acceptors (Lipinski definition) is 8. The first kappa shape index (κ1) is 22.8. The van der Waals surface area contributed by atoms with E-state index in [9.17, 15) is 13.2 Å². The number of aromatic nitrogens is 3.